The van der Waals surface area contributed by atoms with Crippen LogP contribution in [0.15, 0.2) is 0 Å². The molecule has 0 rings (SSSR count). The van der Waals surface area contributed by atoms with Crippen molar-refractivity contribution in [3.8, 4) is 0 Å². The summed E-state index contributed by atoms with van der Waals surface area (Å²) in [6.07, 6.45) is 0. The summed E-state index contributed by atoms with van der Waals surface area (Å²) in [5.74, 6) is 1.42. The Morgan fingerprint density at radius 3 is 1.00 bits per heavy atom. The van der Waals surface area contributed by atoms with E-state index in [-0.39, 0.29) is 0 Å². The van der Waals surface area contributed by atoms with Crippen LogP contribution in [0.4, 0.5) is 0 Å². The standard InChI is InChI=1S/C4H9.2C3H8N.HN.W/c1-4(2)3;2*1-3-4-2;;/h1-3H3;2*3H2,1-2H3;1H;/q3*-1;;. The molecule has 0 aliphatic rings. The third-order valence-corrected chi connectivity index (χ3v) is 0.632. The normalized spacial score (nSPS) is 7.14. The monoisotopic (exact) mass is 372 g/mol. The molecule has 0 aliphatic heterocycles. The summed E-state index contributed by atoms with van der Waals surface area (Å²) in [5.41, 5.74) is 0. The molecule has 0 heterocycles. The van der Waals surface area contributed by atoms with E-state index >= 15 is 0 Å². The van der Waals surface area contributed by atoms with Crippen molar-refractivity contribution >= 4 is 0 Å². The molecule has 0 aromatic rings. The SMILES string of the molecule is CC[N-]C.CC[N-]C.C[C-](C)C.[NH]=[W]. The van der Waals surface area contributed by atoms with Crippen molar-refractivity contribution < 1.29 is 19.6 Å². The van der Waals surface area contributed by atoms with Gasteiger partial charge in [0.15, 0.2) is 0 Å². The van der Waals surface area contributed by atoms with Crippen LogP contribution >= 0.6 is 0 Å². The summed E-state index contributed by atoms with van der Waals surface area (Å²) in [7, 11) is 3.61. The van der Waals surface area contributed by atoms with Crippen molar-refractivity contribution in [2.75, 3.05) is 27.2 Å². The van der Waals surface area contributed by atoms with Gasteiger partial charge < -0.3 is 16.6 Å². The maximum absolute atomic E-state index is 5.83. The van der Waals surface area contributed by atoms with E-state index in [0.29, 0.717) is 0 Å². The average Bonchev–Trinajstić information content (AvgIpc) is 2.20. The summed E-state index contributed by atoms with van der Waals surface area (Å²) < 4.78 is 5.83. The Labute approximate surface area is 102 Å². The van der Waals surface area contributed by atoms with Gasteiger partial charge in [0.2, 0.25) is 0 Å². The summed E-state index contributed by atoms with van der Waals surface area (Å²) in [6.45, 7) is 12.2. The second-order valence-electron chi connectivity index (χ2n) is 2.76. The van der Waals surface area contributed by atoms with Gasteiger partial charge in [0.1, 0.15) is 0 Å². The van der Waals surface area contributed by atoms with E-state index in [1.54, 1.807) is 14.1 Å². The van der Waals surface area contributed by atoms with Crippen LogP contribution in [-0.2, 0) is 19.6 Å². The van der Waals surface area contributed by atoms with Gasteiger partial charge in [-0.05, 0) is 0 Å². The molecule has 0 amide bonds. The Bertz CT molecular complexity index is 50.6. The summed E-state index contributed by atoms with van der Waals surface area (Å²) in [6, 6.07) is 0. The molecule has 0 radical (unpaired) electrons. The van der Waals surface area contributed by atoms with E-state index in [2.05, 4.69) is 31.4 Å². The predicted octanol–water partition coefficient (Wildman–Crippen LogP) is 3.94. The summed E-state index contributed by atoms with van der Waals surface area (Å²) in [4.78, 5) is 0. The van der Waals surface area contributed by atoms with Gasteiger partial charge in [-0.3, -0.25) is 0 Å². The van der Waals surface area contributed by atoms with Crippen LogP contribution in [0, 0.1) is 9.83 Å². The predicted molar refractivity (Wildman–Crippen MR) is 62.6 cm³/mol. The molecule has 0 spiro atoms. The van der Waals surface area contributed by atoms with Crippen molar-refractivity contribution in [3.05, 3.63) is 16.6 Å². The van der Waals surface area contributed by atoms with E-state index < -0.39 is 0 Å². The fourth-order valence-electron chi connectivity index (χ4n) is 0. The van der Waals surface area contributed by atoms with Crippen molar-refractivity contribution in [1.82, 2.24) is 0 Å². The fourth-order valence-corrected chi connectivity index (χ4v) is 0. The number of hydrogen-bond donors (Lipinski definition) is 1. The van der Waals surface area contributed by atoms with E-state index in [4.69, 9.17) is 3.91 Å². The van der Waals surface area contributed by atoms with E-state index in [0.717, 1.165) is 32.7 Å². The zero-order chi connectivity index (χ0) is 12.4. The van der Waals surface area contributed by atoms with E-state index in [1.165, 1.54) is 5.92 Å². The molecule has 14 heavy (non-hydrogen) atoms. The number of nitrogens with one attached hydrogen (secondary N) is 1. The van der Waals surface area contributed by atoms with Crippen molar-refractivity contribution in [2.24, 2.45) is 0 Å². The van der Waals surface area contributed by atoms with Crippen LogP contribution in [0.25, 0.3) is 10.6 Å². The molecular weight excluding hydrogens is 346 g/mol. The molecule has 0 bridgehead atoms. The molecule has 0 fully saturated rings. The van der Waals surface area contributed by atoms with Gasteiger partial charge in [-0.1, -0.05) is 13.8 Å². The van der Waals surface area contributed by atoms with Crippen LogP contribution in [-0.4, -0.2) is 27.2 Å². The number of nitrogens with zero attached hydrogens (tertiary/aromatic N) is 2. The third kappa shape index (κ3) is 278. The van der Waals surface area contributed by atoms with Crippen LogP contribution in [0.2, 0.25) is 0 Å². The second-order valence-corrected chi connectivity index (χ2v) is 2.76. The first kappa shape index (κ1) is 23.9. The van der Waals surface area contributed by atoms with Crippen LogP contribution < -0.4 is 0 Å². The fraction of sp³-hybridized carbons (Fsp3) is 0.900. The average molecular weight is 372 g/mol. The molecule has 4 heteroatoms. The minimum atomic E-state index is 0.833. The molecule has 0 atom stereocenters. The van der Waals surface area contributed by atoms with Gasteiger partial charge in [0, 0.05) is 0 Å². The van der Waals surface area contributed by atoms with Crippen molar-refractivity contribution in [2.45, 2.75) is 34.6 Å². The zero-order valence-electron chi connectivity index (χ0n) is 10.7. The van der Waals surface area contributed by atoms with Gasteiger partial charge in [-0.2, -0.15) is 48.0 Å². The molecule has 90 valence electrons. The molecule has 1 N–H and O–H groups in total. The first-order chi connectivity index (χ1) is 6.56. The van der Waals surface area contributed by atoms with E-state index in [1.807, 2.05) is 13.8 Å². The molecule has 0 aromatic carbocycles. The maximum atomic E-state index is 5.83. The number of rotatable bonds is 2. The van der Waals surface area contributed by atoms with Crippen LogP contribution in [0.1, 0.15) is 34.6 Å². The first-order valence-electron chi connectivity index (χ1n) is 4.65. The van der Waals surface area contributed by atoms with Crippen LogP contribution in [0.5, 0.6) is 0 Å². The van der Waals surface area contributed by atoms with Gasteiger partial charge in [0.05, 0.1) is 0 Å². The Morgan fingerprint density at radius 1 is 0.929 bits per heavy atom. The van der Waals surface area contributed by atoms with E-state index in [9.17, 15) is 0 Å². The molecule has 0 saturated heterocycles. The first-order valence-corrected chi connectivity index (χ1v) is 6.11. The van der Waals surface area contributed by atoms with Gasteiger partial charge >= 0.3 is 23.5 Å². The van der Waals surface area contributed by atoms with Crippen molar-refractivity contribution in [3.63, 3.8) is 0 Å². The van der Waals surface area contributed by atoms with Crippen molar-refractivity contribution in [1.29, 1.82) is 3.91 Å². The second kappa shape index (κ2) is 37.6. The van der Waals surface area contributed by atoms with Gasteiger partial charge in [-0.25, -0.2) is 0 Å². The Morgan fingerprint density at radius 2 is 1.00 bits per heavy atom. The Balaban J connectivity index is -0.0000000492. The molecule has 0 aliphatic carbocycles. The molecular formula is C10H26N3W-3. The van der Waals surface area contributed by atoms with Gasteiger partial charge in [-0.15, -0.1) is 0 Å². The Kier molecular flexibility index (Phi) is 64.2. The summed E-state index contributed by atoms with van der Waals surface area (Å²) in [5, 5.41) is 7.47. The molecule has 0 aromatic heterocycles. The quantitative estimate of drug-likeness (QED) is 0.715. The third-order valence-electron chi connectivity index (χ3n) is 0.632. The zero-order valence-corrected chi connectivity index (χ0v) is 13.7. The van der Waals surface area contributed by atoms with Crippen LogP contribution in [0.3, 0.4) is 0 Å². The Hall–Kier alpha value is 0.408. The topological polar surface area (TPSA) is 52.1 Å². The molecule has 0 unspecified atom stereocenters. The molecule has 3 nitrogen and oxygen atoms in total. The summed E-state index contributed by atoms with van der Waals surface area (Å²) >= 11 is 0.833. The van der Waals surface area contributed by atoms with Gasteiger partial charge in [0.25, 0.3) is 0 Å². The number of hydrogen-bond acceptors (Lipinski definition) is 1. The molecule has 0 saturated carbocycles. The minimum absolute atomic E-state index is 0.833.